The van der Waals surface area contributed by atoms with Crippen molar-refractivity contribution in [3.05, 3.63) is 64.7 Å². The van der Waals surface area contributed by atoms with E-state index in [0.29, 0.717) is 0 Å². The molecule has 4 heteroatoms. The van der Waals surface area contributed by atoms with Gasteiger partial charge in [-0.05, 0) is 35.9 Å². The largest absolute Gasteiger partial charge is 0.384 e. The molecule has 0 atom stereocenters. The molecule has 0 aliphatic rings. The first-order valence-electron chi connectivity index (χ1n) is 5.97. The number of nitrogens with one attached hydrogen (secondary N) is 1. The lowest BCUT2D eigenvalue weighted by Crippen LogP contribution is -2.17. The molecule has 3 nitrogen and oxygen atoms in total. The number of nitrogen functional groups attached to an aromatic ring is 1. The van der Waals surface area contributed by atoms with E-state index in [2.05, 4.69) is 4.90 Å². The van der Waals surface area contributed by atoms with Crippen LogP contribution in [0.4, 0.5) is 5.69 Å². The first kappa shape index (κ1) is 13.4. The van der Waals surface area contributed by atoms with E-state index in [1.54, 1.807) is 0 Å². The molecule has 0 bridgehead atoms. The quantitative estimate of drug-likeness (QED) is 0.664. The minimum atomic E-state index is 0.0836. The van der Waals surface area contributed by atoms with Gasteiger partial charge in [-0.3, -0.25) is 5.41 Å². The first-order chi connectivity index (χ1) is 9.08. The second-order valence-electron chi connectivity index (χ2n) is 4.41. The summed E-state index contributed by atoms with van der Waals surface area (Å²) in [7, 11) is 2.01. The first-order valence-corrected chi connectivity index (χ1v) is 6.34. The van der Waals surface area contributed by atoms with Crippen LogP contribution in [0.3, 0.4) is 0 Å². The van der Waals surface area contributed by atoms with Crippen molar-refractivity contribution < 1.29 is 0 Å². The smallest absolute Gasteiger partial charge is 0.122 e. The summed E-state index contributed by atoms with van der Waals surface area (Å²) >= 11 is 6.15. The maximum atomic E-state index is 7.37. The standard InChI is InChI=1S/C15H16ClN3/c1-19(10-12-4-2-3-5-14(12)16)13-8-6-11(7-9-13)15(17)18/h2-9H,10H2,1H3,(H3,17,18). The number of anilines is 1. The van der Waals surface area contributed by atoms with Gasteiger partial charge < -0.3 is 10.6 Å². The fraction of sp³-hybridized carbons (Fsp3) is 0.133. The van der Waals surface area contributed by atoms with E-state index in [1.165, 1.54) is 0 Å². The third-order valence-corrected chi connectivity index (χ3v) is 3.35. The van der Waals surface area contributed by atoms with Gasteiger partial charge in [0.05, 0.1) is 0 Å². The second kappa shape index (κ2) is 5.76. The summed E-state index contributed by atoms with van der Waals surface area (Å²) in [6.07, 6.45) is 0. The van der Waals surface area contributed by atoms with Crippen LogP contribution in [0.2, 0.25) is 5.02 Å². The minimum Gasteiger partial charge on any atom is -0.384 e. The number of amidine groups is 1. The molecule has 0 aliphatic heterocycles. The third-order valence-electron chi connectivity index (χ3n) is 2.98. The van der Waals surface area contributed by atoms with Crippen LogP contribution in [0.5, 0.6) is 0 Å². The third kappa shape index (κ3) is 3.26. The summed E-state index contributed by atoms with van der Waals surface area (Å²) in [5.41, 5.74) is 8.31. The van der Waals surface area contributed by atoms with Crippen LogP contribution >= 0.6 is 11.6 Å². The van der Waals surface area contributed by atoms with Gasteiger partial charge in [-0.25, -0.2) is 0 Å². The lowest BCUT2D eigenvalue weighted by atomic mass is 10.1. The van der Waals surface area contributed by atoms with Gasteiger partial charge in [0.1, 0.15) is 5.84 Å². The van der Waals surface area contributed by atoms with E-state index in [4.69, 9.17) is 22.7 Å². The van der Waals surface area contributed by atoms with Crippen molar-refractivity contribution in [3.8, 4) is 0 Å². The summed E-state index contributed by atoms with van der Waals surface area (Å²) in [5.74, 6) is 0.0836. The van der Waals surface area contributed by atoms with Crippen molar-refractivity contribution in [2.45, 2.75) is 6.54 Å². The van der Waals surface area contributed by atoms with Crippen LogP contribution in [0, 0.1) is 5.41 Å². The van der Waals surface area contributed by atoms with E-state index in [9.17, 15) is 0 Å². The molecule has 0 spiro atoms. The van der Waals surface area contributed by atoms with E-state index in [-0.39, 0.29) is 5.84 Å². The molecule has 0 unspecified atom stereocenters. The van der Waals surface area contributed by atoms with Gasteiger partial charge in [0, 0.05) is 29.9 Å². The molecule has 19 heavy (non-hydrogen) atoms. The van der Waals surface area contributed by atoms with E-state index in [1.807, 2.05) is 55.6 Å². The van der Waals surface area contributed by atoms with Crippen LogP contribution in [-0.4, -0.2) is 12.9 Å². The Balaban J connectivity index is 2.14. The molecule has 0 heterocycles. The Kier molecular flexibility index (Phi) is 4.07. The highest BCUT2D eigenvalue weighted by Gasteiger charge is 2.05. The van der Waals surface area contributed by atoms with Crippen LogP contribution in [0.25, 0.3) is 0 Å². The monoisotopic (exact) mass is 273 g/mol. The number of hydrogen-bond donors (Lipinski definition) is 2. The van der Waals surface area contributed by atoms with Gasteiger partial charge in [0.2, 0.25) is 0 Å². The molecule has 2 rings (SSSR count). The Labute approximate surface area is 118 Å². The van der Waals surface area contributed by atoms with Crippen LogP contribution in [0.1, 0.15) is 11.1 Å². The van der Waals surface area contributed by atoms with Crippen LogP contribution in [0.15, 0.2) is 48.5 Å². The predicted molar refractivity (Wildman–Crippen MR) is 81.0 cm³/mol. The number of hydrogen-bond acceptors (Lipinski definition) is 2. The van der Waals surface area contributed by atoms with Crippen molar-refractivity contribution >= 4 is 23.1 Å². The van der Waals surface area contributed by atoms with Gasteiger partial charge in [-0.15, -0.1) is 0 Å². The number of halogens is 1. The van der Waals surface area contributed by atoms with Gasteiger partial charge in [-0.2, -0.15) is 0 Å². The lowest BCUT2D eigenvalue weighted by molar-refractivity contribution is 0.923. The Hall–Kier alpha value is -2.00. The van der Waals surface area contributed by atoms with Gasteiger partial charge in [-0.1, -0.05) is 29.8 Å². The molecule has 2 aromatic carbocycles. The highest BCUT2D eigenvalue weighted by atomic mass is 35.5. The topological polar surface area (TPSA) is 53.1 Å². The molecule has 2 aromatic rings. The molecule has 0 saturated carbocycles. The number of benzene rings is 2. The average molecular weight is 274 g/mol. The Morgan fingerprint density at radius 2 is 1.79 bits per heavy atom. The number of rotatable bonds is 4. The van der Waals surface area contributed by atoms with Gasteiger partial charge in [0.25, 0.3) is 0 Å². The second-order valence-corrected chi connectivity index (χ2v) is 4.82. The van der Waals surface area contributed by atoms with Crippen molar-refractivity contribution in [2.24, 2.45) is 5.73 Å². The summed E-state index contributed by atoms with van der Waals surface area (Å²) in [4.78, 5) is 2.10. The fourth-order valence-corrected chi connectivity index (χ4v) is 2.06. The average Bonchev–Trinajstić information content (AvgIpc) is 2.41. The lowest BCUT2D eigenvalue weighted by Gasteiger charge is -2.20. The summed E-state index contributed by atoms with van der Waals surface area (Å²) in [6, 6.07) is 15.4. The number of nitrogens with two attached hydrogens (primary N) is 1. The molecule has 0 radical (unpaired) electrons. The Morgan fingerprint density at radius 3 is 2.37 bits per heavy atom. The van der Waals surface area contributed by atoms with Crippen LogP contribution in [-0.2, 0) is 6.54 Å². The molecule has 3 N–H and O–H groups in total. The highest BCUT2D eigenvalue weighted by Crippen LogP contribution is 2.20. The Bertz CT molecular complexity index is 578. The van der Waals surface area contributed by atoms with Crippen molar-refractivity contribution in [2.75, 3.05) is 11.9 Å². The highest BCUT2D eigenvalue weighted by molar-refractivity contribution is 6.31. The molecule has 0 amide bonds. The van der Waals surface area contributed by atoms with E-state index >= 15 is 0 Å². The maximum absolute atomic E-state index is 7.37. The summed E-state index contributed by atoms with van der Waals surface area (Å²) in [6.45, 7) is 0.735. The predicted octanol–water partition coefficient (Wildman–Crippen LogP) is 3.26. The van der Waals surface area contributed by atoms with Crippen molar-refractivity contribution in [3.63, 3.8) is 0 Å². The molecular weight excluding hydrogens is 258 g/mol. The molecule has 0 aliphatic carbocycles. The normalized spacial score (nSPS) is 10.2. The van der Waals surface area contributed by atoms with E-state index in [0.717, 1.165) is 28.4 Å². The molecule has 0 aromatic heterocycles. The zero-order chi connectivity index (χ0) is 13.8. The van der Waals surface area contributed by atoms with E-state index < -0.39 is 0 Å². The van der Waals surface area contributed by atoms with Crippen LogP contribution < -0.4 is 10.6 Å². The minimum absolute atomic E-state index is 0.0836. The maximum Gasteiger partial charge on any atom is 0.122 e. The molecule has 0 fully saturated rings. The Morgan fingerprint density at radius 1 is 1.16 bits per heavy atom. The zero-order valence-electron chi connectivity index (χ0n) is 10.7. The molecular formula is C15H16ClN3. The molecule has 98 valence electrons. The van der Waals surface area contributed by atoms with Gasteiger partial charge in [0.15, 0.2) is 0 Å². The summed E-state index contributed by atoms with van der Waals surface area (Å²) < 4.78 is 0. The van der Waals surface area contributed by atoms with Crippen molar-refractivity contribution in [1.29, 1.82) is 5.41 Å². The zero-order valence-corrected chi connectivity index (χ0v) is 11.5. The SMILES string of the molecule is CN(Cc1ccccc1Cl)c1ccc(C(=N)N)cc1. The fourth-order valence-electron chi connectivity index (χ4n) is 1.87. The molecule has 0 saturated heterocycles. The summed E-state index contributed by atoms with van der Waals surface area (Å²) in [5, 5.41) is 8.14. The van der Waals surface area contributed by atoms with Gasteiger partial charge >= 0.3 is 0 Å². The van der Waals surface area contributed by atoms with Crippen molar-refractivity contribution in [1.82, 2.24) is 0 Å². The number of nitrogens with zero attached hydrogens (tertiary/aromatic N) is 1.